The molecule has 7 heteroatoms. The Labute approximate surface area is 137 Å². The van der Waals surface area contributed by atoms with Gasteiger partial charge in [0.2, 0.25) is 11.8 Å². The number of rotatable bonds is 5. The zero-order valence-corrected chi connectivity index (χ0v) is 13.6. The molecule has 0 saturated heterocycles. The molecule has 0 aliphatic carbocycles. The summed E-state index contributed by atoms with van der Waals surface area (Å²) in [5.41, 5.74) is 1.54. The summed E-state index contributed by atoms with van der Waals surface area (Å²) in [6.45, 7) is 1.79. The van der Waals surface area contributed by atoms with Gasteiger partial charge < -0.3 is 15.4 Å². The lowest BCUT2D eigenvalue weighted by molar-refractivity contribution is -0.116. The highest BCUT2D eigenvalue weighted by Crippen LogP contribution is 2.25. The van der Waals surface area contributed by atoms with Crippen molar-refractivity contribution in [2.45, 2.75) is 13.0 Å². The van der Waals surface area contributed by atoms with Crippen LogP contribution >= 0.6 is 11.3 Å². The van der Waals surface area contributed by atoms with Gasteiger partial charge in [-0.25, -0.2) is 9.97 Å². The molecule has 1 aromatic carbocycles. The van der Waals surface area contributed by atoms with Crippen LogP contribution in [0.4, 0.5) is 10.8 Å². The van der Waals surface area contributed by atoms with Crippen molar-refractivity contribution in [3.63, 3.8) is 0 Å². The average Bonchev–Trinajstić information content (AvgIpc) is 2.97. The van der Waals surface area contributed by atoms with E-state index < -0.39 is 6.04 Å². The van der Waals surface area contributed by atoms with Crippen molar-refractivity contribution < 1.29 is 9.53 Å². The number of hydrogen-bond donors (Lipinski definition) is 2. The quantitative estimate of drug-likeness (QED) is 0.752. The summed E-state index contributed by atoms with van der Waals surface area (Å²) in [6, 6.07) is 10.9. The Bertz CT molecular complexity index is 783. The van der Waals surface area contributed by atoms with E-state index in [1.165, 1.54) is 11.3 Å². The van der Waals surface area contributed by atoms with Crippen LogP contribution in [0.15, 0.2) is 42.6 Å². The number of anilines is 2. The zero-order chi connectivity index (χ0) is 16.2. The fraction of sp³-hybridized carbons (Fsp3) is 0.188. The lowest BCUT2D eigenvalue weighted by atomic mass is 10.3. The van der Waals surface area contributed by atoms with E-state index in [4.69, 9.17) is 4.74 Å². The molecular weight excluding hydrogens is 312 g/mol. The maximum absolute atomic E-state index is 12.2. The van der Waals surface area contributed by atoms with E-state index in [1.54, 1.807) is 32.4 Å². The minimum absolute atomic E-state index is 0.156. The number of ether oxygens (including phenoxy) is 1. The number of methoxy groups -OCH3 is 1. The van der Waals surface area contributed by atoms with E-state index in [0.29, 0.717) is 11.6 Å². The van der Waals surface area contributed by atoms with Gasteiger partial charge in [-0.3, -0.25) is 4.79 Å². The van der Waals surface area contributed by atoms with Crippen LogP contribution < -0.4 is 15.4 Å². The number of para-hydroxylation sites is 1. The van der Waals surface area contributed by atoms with E-state index in [2.05, 4.69) is 20.6 Å². The summed E-state index contributed by atoms with van der Waals surface area (Å²) in [5, 5.41) is 6.65. The second-order valence-corrected chi connectivity index (χ2v) is 5.96. The van der Waals surface area contributed by atoms with Crippen molar-refractivity contribution in [2.24, 2.45) is 0 Å². The highest BCUT2D eigenvalue weighted by Gasteiger charge is 2.15. The molecule has 0 spiro atoms. The third kappa shape index (κ3) is 3.57. The first-order valence-corrected chi connectivity index (χ1v) is 7.90. The number of thiazole rings is 1. The normalized spacial score (nSPS) is 11.9. The molecule has 0 radical (unpaired) electrons. The van der Waals surface area contributed by atoms with Gasteiger partial charge in [-0.15, -0.1) is 0 Å². The summed E-state index contributed by atoms with van der Waals surface area (Å²) >= 11 is 1.52. The molecule has 0 unspecified atom stereocenters. The molecule has 3 rings (SSSR count). The molecular formula is C16H16N4O2S. The predicted octanol–water partition coefficient (Wildman–Crippen LogP) is 3.14. The van der Waals surface area contributed by atoms with Crippen molar-refractivity contribution in [2.75, 3.05) is 17.7 Å². The van der Waals surface area contributed by atoms with Crippen molar-refractivity contribution in [3.8, 4) is 5.88 Å². The van der Waals surface area contributed by atoms with Gasteiger partial charge in [-0.2, -0.15) is 0 Å². The third-order valence-corrected chi connectivity index (χ3v) is 4.21. The molecule has 0 saturated carbocycles. The summed E-state index contributed by atoms with van der Waals surface area (Å²) in [7, 11) is 1.55. The third-order valence-electron chi connectivity index (χ3n) is 3.24. The van der Waals surface area contributed by atoms with Gasteiger partial charge in [0.05, 0.1) is 29.2 Å². The van der Waals surface area contributed by atoms with Gasteiger partial charge >= 0.3 is 0 Å². The molecule has 1 amide bonds. The van der Waals surface area contributed by atoms with Crippen LogP contribution in [0.25, 0.3) is 10.2 Å². The molecule has 6 nitrogen and oxygen atoms in total. The molecule has 2 aromatic heterocycles. The Hall–Kier alpha value is -2.67. The van der Waals surface area contributed by atoms with Gasteiger partial charge in [0.1, 0.15) is 6.04 Å². The number of carbonyl (C=O) groups is 1. The molecule has 0 bridgehead atoms. The van der Waals surface area contributed by atoms with Crippen LogP contribution in [0.1, 0.15) is 6.92 Å². The van der Waals surface area contributed by atoms with Crippen LogP contribution in [0.5, 0.6) is 5.88 Å². The lowest BCUT2D eigenvalue weighted by Crippen LogP contribution is -2.31. The number of hydrogen-bond acceptors (Lipinski definition) is 6. The summed E-state index contributed by atoms with van der Waals surface area (Å²) < 4.78 is 6.07. The summed E-state index contributed by atoms with van der Waals surface area (Å²) in [4.78, 5) is 20.7. The zero-order valence-electron chi connectivity index (χ0n) is 12.7. The topological polar surface area (TPSA) is 76.1 Å². The second-order valence-electron chi connectivity index (χ2n) is 4.93. The number of amides is 1. The van der Waals surface area contributed by atoms with E-state index in [9.17, 15) is 4.79 Å². The van der Waals surface area contributed by atoms with Crippen LogP contribution in [0, 0.1) is 0 Å². The summed E-state index contributed by atoms with van der Waals surface area (Å²) in [5.74, 6) is 0.347. The highest BCUT2D eigenvalue weighted by molar-refractivity contribution is 7.22. The second kappa shape index (κ2) is 6.62. The first-order chi connectivity index (χ1) is 11.2. The minimum atomic E-state index is -0.419. The molecule has 2 heterocycles. The molecule has 0 fully saturated rings. The van der Waals surface area contributed by atoms with Crippen LogP contribution in [0.3, 0.4) is 0 Å². The number of nitrogens with zero attached hydrogens (tertiary/aromatic N) is 2. The van der Waals surface area contributed by atoms with Gasteiger partial charge in [-0.1, -0.05) is 23.5 Å². The Balaban J connectivity index is 1.64. The van der Waals surface area contributed by atoms with Gasteiger partial charge in [0, 0.05) is 6.07 Å². The first-order valence-electron chi connectivity index (χ1n) is 7.09. The predicted molar refractivity (Wildman–Crippen MR) is 92.1 cm³/mol. The molecule has 0 aliphatic rings. The lowest BCUT2D eigenvalue weighted by Gasteiger charge is -2.13. The fourth-order valence-electron chi connectivity index (χ4n) is 2.01. The number of pyridine rings is 1. The van der Waals surface area contributed by atoms with Gasteiger partial charge in [0.25, 0.3) is 0 Å². The van der Waals surface area contributed by atoms with E-state index in [1.807, 2.05) is 24.3 Å². The molecule has 118 valence electrons. The van der Waals surface area contributed by atoms with Crippen molar-refractivity contribution in [3.05, 3.63) is 42.6 Å². The van der Waals surface area contributed by atoms with Crippen molar-refractivity contribution in [1.29, 1.82) is 0 Å². The standard InChI is InChI=1S/C16H16N4O2S/c1-10(15(21)19-11-7-8-14(22-2)17-9-11)18-16-20-12-5-3-4-6-13(12)23-16/h3-10H,1-2H3,(H,18,20)(H,19,21)/t10-/m1/s1. The fourth-order valence-corrected chi connectivity index (χ4v) is 2.96. The Morgan fingerprint density at radius 3 is 2.78 bits per heavy atom. The highest BCUT2D eigenvalue weighted by atomic mass is 32.1. The first kappa shape index (κ1) is 15.2. The monoisotopic (exact) mass is 328 g/mol. The molecule has 1 atom stereocenters. The molecule has 2 N–H and O–H groups in total. The average molecular weight is 328 g/mol. The van der Waals surface area contributed by atoms with Crippen molar-refractivity contribution in [1.82, 2.24) is 9.97 Å². The van der Waals surface area contributed by atoms with Gasteiger partial charge in [0.15, 0.2) is 5.13 Å². The van der Waals surface area contributed by atoms with Gasteiger partial charge in [-0.05, 0) is 25.1 Å². The van der Waals surface area contributed by atoms with Crippen LogP contribution in [0.2, 0.25) is 0 Å². The maximum Gasteiger partial charge on any atom is 0.246 e. The van der Waals surface area contributed by atoms with E-state index in [0.717, 1.165) is 15.3 Å². The SMILES string of the molecule is COc1ccc(NC(=O)[C@@H](C)Nc2nc3ccccc3s2)cn1. The smallest absolute Gasteiger partial charge is 0.246 e. The number of fused-ring (bicyclic) bond motifs is 1. The van der Waals surface area contributed by atoms with Crippen molar-refractivity contribution >= 4 is 38.3 Å². The van der Waals surface area contributed by atoms with E-state index in [-0.39, 0.29) is 5.91 Å². The van der Waals surface area contributed by atoms with Crippen LogP contribution in [-0.2, 0) is 4.79 Å². The Morgan fingerprint density at radius 1 is 1.26 bits per heavy atom. The minimum Gasteiger partial charge on any atom is -0.481 e. The number of carbonyl (C=O) groups excluding carboxylic acids is 1. The number of benzene rings is 1. The number of aromatic nitrogens is 2. The Morgan fingerprint density at radius 2 is 2.09 bits per heavy atom. The van der Waals surface area contributed by atoms with E-state index >= 15 is 0 Å². The van der Waals surface area contributed by atoms with Crippen LogP contribution in [-0.4, -0.2) is 29.0 Å². The Kier molecular flexibility index (Phi) is 4.38. The largest absolute Gasteiger partial charge is 0.481 e. The molecule has 3 aromatic rings. The number of nitrogens with one attached hydrogen (secondary N) is 2. The molecule has 23 heavy (non-hydrogen) atoms. The molecule has 0 aliphatic heterocycles. The summed E-state index contributed by atoms with van der Waals surface area (Å²) in [6.07, 6.45) is 1.56. The maximum atomic E-state index is 12.2.